The van der Waals surface area contributed by atoms with E-state index in [1.165, 1.54) is 5.01 Å². The molecule has 11 nitrogen and oxygen atoms in total. The number of aryl methyl sites for hydroxylation is 1. The summed E-state index contributed by atoms with van der Waals surface area (Å²) in [6.07, 6.45) is 6.86. The van der Waals surface area contributed by atoms with Gasteiger partial charge in [0.05, 0.1) is 17.0 Å². The van der Waals surface area contributed by atoms with Crippen molar-refractivity contribution >= 4 is 40.7 Å². The predicted molar refractivity (Wildman–Crippen MR) is 167 cm³/mol. The average Bonchev–Trinajstić information content (AvgIpc) is 3.02. The molecular weight excluding hydrogens is 562 g/mol. The molecule has 2 fully saturated rings. The Balaban J connectivity index is 1.49. The van der Waals surface area contributed by atoms with Crippen molar-refractivity contribution in [3.8, 4) is 0 Å². The van der Waals surface area contributed by atoms with E-state index in [2.05, 4.69) is 23.0 Å². The number of nitrogens with zero attached hydrogens (tertiary/aromatic N) is 2. The first-order chi connectivity index (χ1) is 20.9. The van der Waals surface area contributed by atoms with Crippen LogP contribution in [0.3, 0.4) is 0 Å². The number of rotatable bonds is 10. The van der Waals surface area contributed by atoms with Gasteiger partial charge < -0.3 is 20.8 Å². The lowest BCUT2D eigenvalue weighted by Gasteiger charge is -2.37. The molecular formula is C33H45N5O6. The molecule has 2 aromatic rings. The van der Waals surface area contributed by atoms with Crippen molar-refractivity contribution in [1.82, 2.24) is 26.1 Å². The first kappa shape index (κ1) is 33.1. The fourth-order valence-electron chi connectivity index (χ4n) is 5.86. The Labute approximate surface area is 258 Å². The molecule has 2 aliphatic rings. The van der Waals surface area contributed by atoms with Gasteiger partial charge in [-0.2, -0.15) is 0 Å². The monoisotopic (exact) mass is 607 g/mol. The van der Waals surface area contributed by atoms with Gasteiger partial charge in [0.25, 0.3) is 5.91 Å². The summed E-state index contributed by atoms with van der Waals surface area (Å²) < 4.78 is 0. The molecule has 0 unspecified atom stereocenters. The molecule has 5 N–H and O–H groups in total. The maximum Gasteiger partial charge on any atom is 0.322 e. The summed E-state index contributed by atoms with van der Waals surface area (Å²) >= 11 is 0. The molecule has 1 aromatic heterocycles. The fourth-order valence-corrected chi connectivity index (χ4v) is 5.86. The first-order valence-electron chi connectivity index (χ1n) is 15.6. The number of aromatic nitrogens is 1. The van der Waals surface area contributed by atoms with E-state index in [1.54, 1.807) is 6.92 Å². The molecule has 1 aliphatic carbocycles. The number of amides is 3. The van der Waals surface area contributed by atoms with Crippen LogP contribution >= 0.6 is 0 Å². The molecule has 1 saturated heterocycles. The molecule has 2 heterocycles. The molecule has 44 heavy (non-hydrogen) atoms. The van der Waals surface area contributed by atoms with Crippen LogP contribution in [0.1, 0.15) is 77.5 Å². The highest BCUT2D eigenvalue weighted by molar-refractivity contribution is 5.94. The third-order valence-corrected chi connectivity index (χ3v) is 8.75. The molecule has 11 heteroatoms. The standard InChI is InChI=1S/C33H45N5O6/c1-5-24-11-10-23-9-8-22(19-27(23)35-24)12-15-33(16-13-25(39)14-17-33)32(44)36-28(20(2)3)29(40)34-21(4)30(41)38-18-6-7-26(37-38)31(42)43/h8-12,15,19-21,25-26,28,37,39H,5-7,13-14,16-18H2,1-4H3,(H,34,40)(H,36,44)(H,42,43)/b15-12+/t21-,25-,26-,28-,33+/m0/s1. The van der Waals surface area contributed by atoms with Crippen molar-refractivity contribution in [2.75, 3.05) is 6.54 Å². The number of aliphatic carboxylic acids is 1. The van der Waals surface area contributed by atoms with Gasteiger partial charge in [-0.15, -0.1) is 0 Å². The number of aliphatic hydroxyl groups is 1. The molecule has 1 saturated carbocycles. The highest BCUT2D eigenvalue weighted by Crippen LogP contribution is 2.39. The van der Waals surface area contributed by atoms with Gasteiger partial charge in [0.1, 0.15) is 18.1 Å². The van der Waals surface area contributed by atoms with Gasteiger partial charge in [0.2, 0.25) is 11.8 Å². The lowest BCUT2D eigenvalue weighted by Crippen LogP contribution is -2.61. The third-order valence-electron chi connectivity index (χ3n) is 8.75. The van der Waals surface area contributed by atoms with Crippen LogP contribution in [-0.4, -0.2) is 74.7 Å². The zero-order valence-corrected chi connectivity index (χ0v) is 26.0. The number of nitrogens with one attached hydrogen (secondary N) is 3. The minimum absolute atomic E-state index is 0.278. The number of aliphatic hydroxyl groups excluding tert-OH is 1. The number of hydrogen-bond acceptors (Lipinski definition) is 7. The number of carboxylic acid groups (broad SMARTS) is 1. The van der Waals surface area contributed by atoms with E-state index in [9.17, 15) is 29.4 Å². The second kappa shape index (κ2) is 14.3. The van der Waals surface area contributed by atoms with Crippen LogP contribution in [0.15, 0.2) is 36.4 Å². The van der Waals surface area contributed by atoms with E-state index in [4.69, 9.17) is 4.98 Å². The second-order valence-electron chi connectivity index (χ2n) is 12.4. The second-order valence-corrected chi connectivity index (χ2v) is 12.4. The summed E-state index contributed by atoms with van der Waals surface area (Å²) in [5, 5.41) is 27.5. The molecule has 1 aromatic carbocycles. The molecule has 3 atom stereocenters. The van der Waals surface area contributed by atoms with Gasteiger partial charge >= 0.3 is 5.97 Å². The number of hydrogen-bond donors (Lipinski definition) is 5. The van der Waals surface area contributed by atoms with Crippen LogP contribution in [-0.2, 0) is 25.6 Å². The number of carbonyl (C=O) groups is 4. The molecule has 238 valence electrons. The minimum Gasteiger partial charge on any atom is -0.480 e. The smallest absolute Gasteiger partial charge is 0.322 e. The normalized spacial score (nSPS) is 23.8. The summed E-state index contributed by atoms with van der Waals surface area (Å²) in [6.45, 7) is 7.57. The van der Waals surface area contributed by atoms with Crippen LogP contribution in [0.2, 0.25) is 0 Å². The van der Waals surface area contributed by atoms with Gasteiger partial charge in [-0.1, -0.05) is 51.1 Å². The highest BCUT2D eigenvalue weighted by atomic mass is 16.4. The summed E-state index contributed by atoms with van der Waals surface area (Å²) in [5.74, 6) is -2.57. The van der Waals surface area contributed by atoms with Crippen molar-refractivity contribution < 1.29 is 29.4 Å². The van der Waals surface area contributed by atoms with E-state index in [1.807, 2.05) is 56.3 Å². The van der Waals surface area contributed by atoms with E-state index < -0.39 is 47.4 Å². The summed E-state index contributed by atoms with van der Waals surface area (Å²) in [5.41, 5.74) is 4.57. The van der Waals surface area contributed by atoms with Crippen molar-refractivity contribution in [3.63, 3.8) is 0 Å². The number of hydrazine groups is 1. The van der Waals surface area contributed by atoms with Gasteiger partial charge in [-0.05, 0) is 75.5 Å². The zero-order chi connectivity index (χ0) is 32.0. The molecule has 4 rings (SSSR count). The number of fused-ring (bicyclic) bond motifs is 1. The number of carboxylic acids is 1. The molecule has 0 radical (unpaired) electrons. The molecule has 0 spiro atoms. The van der Waals surface area contributed by atoms with Crippen LogP contribution < -0.4 is 16.1 Å². The van der Waals surface area contributed by atoms with E-state index >= 15 is 0 Å². The maximum absolute atomic E-state index is 14.0. The van der Waals surface area contributed by atoms with Crippen LogP contribution in [0.25, 0.3) is 17.0 Å². The Morgan fingerprint density at radius 1 is 1.09 bits per heavy atom. The van der Waals surface area contributed by atoms with Crippen molar-refractivity contribution in [3.05, 3.63) is 47.7 Å². The quantitative estimate of drug-likeness (QED) is 0.276. The van der Waals surface area contributed by atoms with Gasteiger partial charge in [0.15, 0.2) is 0 Å². The molecule has 1 aliphatic heterocycles. The van der Waals surface area contributed by atoms with Crippen LogP contribution in [0, 0.1) is 11.3 Å². The Morgan fingerprint density at radius 3 is 2.45 bits per heavy atom. The Hall–Kier alpha value is -3.83. The highest BCUT2D eigenvalue weighted by Gasteiger charge is 2.41. The summed E-state index contributed by atoms with van der Waals surface area (Å²) in [6, 6.07) is 7.33. The van der Waals surface area contributed by atoms with E-state index in [0.29, 0.717) is 45.1 Å². The summed E-state index contributed by atoms with van der Waals surface area (Å²) in [7, 11) is 0. The minimum atomic E-state index is -1.04. The number of benzene rings is 1. The van der Waals surface area contributed by atoms with Crippen molar-refractivity contribution in [2.24, 2.45) is 11.3 Å². The molecule has 3 amide bonds. The SMILES string of the molecule is CCc1ccc2ccc(/C=C/[C@]3(C(=O)N[C@H](C(=O)N[C@@H](C)C(=O)N4CCC[C@@H](C(=O)O)N4)C(C)C)CC[C@@H](O)CC3)cc2n1. The number of carbonyl (C=O) groups excluding carboxylic acids is 3. The largest absolute Gasteiger partial charge is 0.480 e. The van der Waals surface area contributed by atoms with Crippen LogP contribution in [0.5, 0.6) is 0 Å². The maximum atomic E-state index is 14.0. The Morgan fingerprint density at radius 2 is 1.80 bits per heavy atom. The van der Waals surface area contributed by atoms with Crippen molar-refractivity contribution in [2.45, 2.75) is 96.9 Å². The van der Waals surface area contributed by atoms with Crippen LogP contribution in [0.4, 0.5) is 0 Å². The van der Waals surface area contributed by atoms with Gasteiger partial charge in [-0.3, -0.25) is 29.2 Å². The van der Waals surface area contributed by atoms with Gasteiger partial charge in [-0.25, -0.2) is 5.43 Å². The van der Waals surface area contributed by atoms with E-state index in [0.717, 1.165) is 28.6 Å². The van der Waals surface area contributed by atoms with E-state index in [-0.39, 0.29) is 11.8 Å². The zero-order valence-electron chi connectivity index (χ0n) is 26.0. The lowest BCUT2D eigenvalue weighted by atomic mass is 9.71. The lowest BCUT2D eigenvalue weighted by molar-refractivity contribution is -0.148. The Kier molecular flexibility index (Phi) is 10.7. The van der Waals surface area contributed by atoms with Gasteiger partial charge in [0, 0.05) is 17.6 Å². The fraction of sp³-hybridized carbons (Fsp3) is 0.545. The molecule has 0 bridgehead atoms. The first-order valence-corrected chi connectivity index (χ1v) is 15.6. The predicted octanol–water partition coefficient (Wildman–Crippen LogP) is 2.96. The Bertz CT molecular complexity index is 1400. The van der Waals surface area contributed by atoms with Crippen molar-refractivity contribution in [1.29, 1.82) is 0 Å². The topological polar surface area (TPSA) is 161 Å². The third kappa shape index (κ3) is 7.81. The average molecular weight is 608 g/mol. The summed E-state index contributed by atoms with van der Waals surface area (Å²) in [4.78, 5) is 56.5. The number of pyridine rings is 1.